The van der Waals surface area contributed by atoms with Crippen LogP contribution in [0.4, 0.5) is 18.0 Å². The molecule has 1 N–H and O–H groups in total. The molecule has 10 heteroatoms. The maximum absolute atomic E-state index is 12.8. The first-order valence-corrected chi connectivity index (χ1v) is 9.18. The monoisotopic (exact) mass is 401 g/mol. The highest BCUT2D eigenvalue weighted by Crippen LogP contribution is 2.31. The second kappa shape index (κ2) is 7.84. The Labute approximate surface area is 159 Å². The van der Waals surface area contributed by atoms with Crippen LogP contribution in [0.15, 0.2) is 17.1 Å². The van der Waals surface area contributed by atoms with E-state index >= 15 is 0 Å². The van der Waals surface area contributed by atoms with Crippen molar-refractivity contribution in [2.75, 3.05) is 26.2 Å². The molecule has 1 aliphatic heterocycles. The van der Waals surface area contributed by atoms with Gasteiger partial charge in [-0.3, -0.25) is 9.59 Å². The van der Waals surface area contributed by atoms with Gasteiger partial charge >= 0.3 is 12.3 Å². The molecule has 0 unspecified atom stereocenters. The number of ether oxygens (including phenoxy) is 1. The molecular formula is C18H22F3N3O4. The zero-order valence-corrected chi connectivity index (χ0v) is 15.4. The molecule has 2 heterocycles. The van der Waals surface area contributed by atoms with E-state index in [1.807, 2.05) is 0 Å². The fourth-order valence-corrected chi connectivity index (χ4v) is 3.18. The molecule has 28 heavy (non-hydrogen) atoms. The summed E-state index contributed by atoms with van der Waals surface area (Å²) in [7, 11) is 0. The maximum atomic E-state index is 12.8. The number of rotatable bonds is 4. The predicted molar refractivity (Wildman–Crippen MR) is 92.6 cm³/mol. The first kappa shape index (κ1) is 20.2. The van der Waals surface area contributed by atoms with E-state index < -0.39 is 29.5 Å². The van der Waals surface area contributed by atoms with Crippen LogP contribution >= 0.6 is 0 Å². The largest absolute Gasteiger partial charge is 0.446 e. The number of carbonyl (C=O) groups excluding carboxylic acids is 2. The van der Waals surface area contributed by atoms with Gasteiger partial charge in [-0.15, -0.1) is 0 Å². The van der Waals surface area contributed by atoms with Crippen molar-refractivity contribution in [1.82, 2.24) is 14.8 Å². The lowest BCUT2D eigenvalue weighted by Gasteiger charge is -2.34. The average molecular weight is 401 g/mol. The molecule has 1 atom stereocenters. The minimum atomic E-state index is -4.75. The molecule has 1 saturated heterocycles. The summed E-state index contributed by atoms with van der Waals surface area (Å²) in [5.41, 5.74) is -2.27. The van der Waals surface area contributed by atoms with Crippen LogP contribution in [0.3, 0.4) is 0 Å². The molecule has 1 aliphatic carbocycles. The van der Waals surface area contributed by atoms with Gasteiger partial charge < -0.3 is 19.5 Å². The molecule has 1 saturated carbocycles. The van der Waals surface area contributed by atoms with Crippen LogP contribution in [-0.4, -0.2) is 59.1 Å². The van der Waals surface area contributed by atoms with Crippen molar-refractivity contribution in [3.05, 3.63) is 33.7 Å². The van der Waals surface area contributed by atoms with Gasteiger partial charge in [-0.25, -0.2) is 4.79 Å². The van der Waals surface area contributed by atoms with Gasteiger partial charge in [-0.05, 0) is 31.4 Å². The normalized spacial score (nSPS) is 18.7. The molecule has 0 bridgehead atoms. The van der Waals surface area contributed by atoms with Crippen LogP contribution in [-0.2, 0) is 22.1 Å². The zero-order valence-electron chi connectivity index (χ0n) is 15.4. The summed E-state index contributed by atoms with van der Waals surface area (Å²) in [5.74, 6) is 0.275. The first-order valence-electron chi connectivity index (χ1n) is 9.18. The number of amides is 2. The fraction of sp³-hybridized carbons (Fsp3) is 0.611. The minimum Gasteiger partial charge on any atom is -0.446 e. The van der Waals surface area contributed by atoms with Crippen LogP contribution in [0, 0.1) is 5.92 Å². The molecule has 1 aromatic heterocycles. The molecule has 154 valence electrons. The van der Waals surface area contributed by atoms with Crippen molar-refractivity contribution < 1.29 is 27.5 Å². The summed E-state index contributed by atoms with van der Waals surface area (Å²) in [6.07, 6.45) is -2.91. The molecule has 1 aromatic rings. The molecule has 2 fully saturated rings. The number of aromatic amines is 1. The van der Waals surface area contributed by atoms with Crippen molar-refractivity contribution >= 4 is 12.0 Å². The Bertz CT molecular complexity index is 796. The Kier molecular flexibility index (Phi) is 5.66. The Morgan fingerprint density at radius 1 is 1.21 bits per heavy atom. The fourth-order valence-electron chi connectivity index (χ4n) is 3.18. The quantitative estimate of drug-likeness (QED) is 0.837. The third-order valence-electron chi connectivity index (χ3n) is 4.87. The van der Waals surface area contributed by atoms with Crippen molar-refractivity contribution in [2.24, 2.45) is 5.92 Å². The van der Waals surface area contributed by atoms with Crippen molar-refractivity contribution in [3.63, 3.8) is 0 Å². The van der Waals surface area contributed by atoms with Gasteiger partial charge in [0, 0.05) is 44.7 Å². The molecule has 0 radical (unpaired) electrons. The van der Waals surface area contributed by atoms with Crippen LogP contribution in [0.5, 0.6) is 0 Å². The van der Waals surface area contributed by atoms with Gasteiger partial charge in [0.2, 0.25) is 5.91 Å². The Morgan fingerprint density at radius 3 is 2.39 bits per heavy atom. The second-order valence-electron chi connectivity index (χ2n) is 7.23. The van der Waals surface area contributed by atoms with Gasteiger partial charge in [0.25, 0.3) is 5.56 Å². The number of carbonyl (C=O) groups is 2. The predicted octanol–water partition coefficient (Wildman–Crippen LogP) is 2.02. The van der Waals surface area contributed by atoms with E-state index in [9.17, 15) is 27.6 Å². The van der Waals surface area contributed by atoms with Crippen molar-refractivity contribution in [1.29, 1.82) is 0 Å². The maximum Gasteiger partial charge on any atom is 0.421 e. The highest BCUT2D eigenvalue weighted by atomic mass is 19.4. The number of piperazine rings is 1. The number of aromatic nitrogens is 1. The number of pyridine rings is 1. The summed E-state index contributed by atoms with van der Waals surface area (Å²) < 4.78 is 43.8. The highest BCUT2D eigenvalue weighted by Gasteiger charge is 2.36. The van der Waals surface area contributed by atoms with Crippen LogP contribution in [0.1, 0.15) is 30.9 Å². The summed E-state index contributed by atoms with van der Waals surface area (Å²) in [4.78, 5) is 40.9. The minimum absolute atomic E-state index is 0.0335. The number of H-pyrrole nitrogens is 1. The number of hydrogen-bond acceptors (Lipinski definition) is 4. The second-order valence-corrected chi connectivity index (χ2v) is 7.23. The van der Waals surface area contributed by atoms with Gasteiger partial charge in [-0.1, -0.05) is 0 Å². The van der Waals surface area contributed by atoms with Gasteiger partial charge in [0.05, 0.1) is 0 Å². The van der Waals surface area contributed by atoms with E-state index in [0.717, 1.165) is 18.9 Å². The van der Waals surface area contributed by atoms with E-state index in [0.29, 0.717) is 26.2 Å². The van der Waals surface area contributed by atoms with E-state index in [-0.39, 0.29) is 23.8 Å². The third kappa shape index (κ3) is 4.85. The molecule has 0 aromatic carbocycles. The Hall–Kier alpha value is -2.52. The Morgan fingerprint density at radius 2 is 1.82 bits per heavy atom. The lowest BCUT2D eigenvalue weighted by molar-refractivity contribution is -0.138. The van der Waals surface area contributed by atoms with Gasteiger partial charge in [0.15, 0.2) is 0 Å². The summed E-state index contributed by atoms with van der Waals surface area (Å²) in [6, 6.07) is 0.769. The third-order valence-corrected chi connectivity index (χ3v) is 4.87. The van der Waals surface area contributed by atoms with E-state index in [4.69, 9.17) is 4.74 Å². The lowest BCUT2D eigenvalue weighted by Crippen LogP contribution is -2.51. The van der Waals surface area contributed by atoms with Crippen LogP contribution in [0.2, 0.25) is 0 Å². The molecule has 2 aliphatic rings. The number of hydrogen-bond donors (Lipinski definition) is 1. The van der Waals surface area contributed by atoms with Gasteiger partial charge in [-0.2, -0.15) is 13.2 Å². The number of nitrogens with zero attached hydrogens (tertiary/aromatic N) is 2. The summed E-state index contributed by atoms with van der Waals surface area (Å²) >= 11 is 0. The molecule has 3 rings (SSSR count). The highest BCUT2D eigenvalue weighted by molar-refractivity contribution is 5.81. The molecule has 2 amide bonds. The molecular weight excluding hydrogens is 379 g/mol. The first-order chi connectivity index (χ1) is 13.1. The summed E-state index contributed by atoms with van der Waals surface area (Å²) in [5, 5.41) is 0. The number of alkyl halides is 3. The smallest absolute Gasteiger partial charge is 0.421 e. The average Bonchev–Trinajstić information content (AvgIpc) is 3.47. The number of nitrogens with one attached hydrogen (secondary N) is 1. The zero-order chi connectivity index (χ0) is 20.5. The van der Waals surface area contributed by atoms with E-state index in [1.54, 1.807) is 11.8 Å². The molecule has 7 nitrogen and oxygen atoms in total. The number of halogens is 3. The van der Waals surface area contributed by atoms with Crippen LogP contribution < -0.4 is 5.56 Å². The lowest BCUT2D eigenvalue weighted by atomic mass is 10.1. The van der Waals surface area contributed by atoms with Gasteiger partial charge in [0.1, 0.15) is 11.7 Å². The van der Waals surface area contributed by atoms with Crippen LogP contribution in [0.25, 0.3) is 0 Å². The molecule has 0 spiro atoms. The SMILES string of the molecule is C[C@@H](Cc1c[nH]c(=O)c(C(F)(F)F)c1)OC(=O)N1CCN(C(=O)C2CC2)CC1. The summed E-state index contributed by atoms with van der Waals surface area (Å²) in [6.45, 7) is 3.20. The van der Waals surface area contributed by atoms with E-state index in [1.165, 1.54) is 11.1 Å². The standard InChI is InChI=1S/C18H22F3N3O4/c1-11(8-12-9-14(18(19,20)21)15(25)22-10-12)28-17(27)24-6-4-23(5-7-24)16(26)13-2-3-13/h9-11,13H,2-8H2,1H3,(H,22,25)/t11-/m0/s1. The van der Waals surface area contributed by atoms with Crippen molar-refractivity contribution in [3.8, 4) is 0 Å². The van der Waals surface area contributed by atoms with E-state index in [2.05, 4.69) is 4.98 Å². The topological polar surface area (TPSA) is 82.7 Å². The Balaban J connectivity index is 1.51. The van der Waals surface area contributed by atoms with Crippen molar-refractivity contribution in [2.45, 2.75) is 38.5 Å².